The first kappa shape index (κ1) is 30.2. The third-order valence-corrected chi connectivity index (χ3v) is 7.19. The molecule has 0 aliphatic heterocycles. The van der Waals surface area contributed by atoms with Crippen LogP contribution in [0.25, 0.3) is 0 Å². The molecule has 0 heterocycles. The molecule has 2 aromatic carbocycles. The van der Waals surface area contributed by atoms with Crippen molar-refractivity contribution >= 4 is 27.5 Å². The summed E-state index contributed by atoms with van der Waals surface area (Å²) in [5.41, 5.74) is 1.53. The first-order valence-electron chi connectivity index (χ1n) is 13.0. The standard InChI is InChI=1S/C28H41N3O5S/c1-5-20-29-28(33)24(6-2)30(22-19-23-14-9-8-10-15-23)27(32)18-13-21-31(37(4,34)35)25-16-11-12-17-26(25)36-7-3/h8-12,14-17,24H,5-7,13,18-22H2,1-4H3,(H,29,33)/t24-/m0/s1. The van der Waals surface area contributed by atoms with Crippen molar-refractivity contribution in [2.24, 2.45) is 0 Å². The van der Waals surface area contributed by atoms with Crippen LogP contribution in [0.15, 0.2) is 54.6 Å². The third kappa shape index (κ3) is 9.39. The molecule has 0 fully saturated rings. The van der Waals surface area contributed by atoms with Crippen LogP contribution in [0.2, 0.25) is 0 Å². The van der Waals surface area contributed by atoms with Crippen LogP contribution in [0.3, 0.4) is 0 Å². The number of sulfonamides is 1. The van der Waals surface area contributed by atoms with Crippen molar-refractivity contribution in [2.75, 3.05) is 36.8 Å². The molecular formula is C28H41N3O5S. The van der Waals surface area contributed by atoms with Gasteiger partial charge in [-0.1, -0.05) is 56.3 Å². The topological polar surface area (TPSA) is 96.0 Å². The number of nitrogens with one attached hydrogen (secondary N) is 1. The molecule has 9 heteroatoms. The second-order valence-corrected chi connectivity index (χ2v) is 10.8. The normalized spacial score (nSPS) is 12.0. The summed E-state index contributed by atoms with van der Waals surface area (Å²) < 4.78 is 32.2. The van der Waals surface area contributed by atoms with E-state index in [4.69, 9.17) is 4.74 Å². The summed E-state index contributed by atoms with van der Waals surface area (Å²) in [5.74, 6) is 0.153. The largest absolute Gasteiger partial charge is 0.492 e. The van der Waals surface area contributed by atoms with Gasteiger partial charge in [0.05, 0.1) is 18.6 Å². The molecular weight excluding hydrogens is 490 g/mol. The van der Waals surface area contributed by atoms with Crippen LogP contribution in [-0.2, 0) is 26.0 Å². The van der Waals surface area contributed by atoms with Crippen LogP contribution >= 0.6 is 0 Å². The number of nitrogens with zero attached hydrogens (tertiary/aromatic N) is 2. The van der Waals surface area contributed by atoms with Crippen LogP contribution in [0.4, 0.5) is 5.69 Å². The minimum atomic E-state index is -3.60. The van der Waals surface area contributed by atoms with Crippen molar-refractivity contribution in [3.8, 4) is 5.75 Å². The molecule has 0 aromatic heterocycles. The predicted octanol–water partition coefficient (Wildman–Crippen LogP) is 4.01. The molecule has 1 atom stereocenters. The average Bonchev–Trinajstić information content (AvgIpc) is 2.88. The second-order valence-electron chi connectivity index (χ2n) is 8.88. The molecule has 0 spiro atoms. The van der Waals surface area contributed by atoms with E-state index in [0.717, 1.165) is 18.2 Å². The Kier molecular flexibility index (Phi) is 12.4. The van der Waals surface area contributed by atoms with Gasteiger partial charge >= 0.3 is 0 Å². The lowest BCUT2D eigenvalue weighted by atomic mass is 10.1. The second kappa shape index (κ2) is 15.2. The minimum Gasteiger partial charge on any atom is -0.492 e. The van der Waals surface area contributed by atoms with Gasteiger partial charge < -0.3 is 15.0 Å². The fourth-order valence-corrected chi connectivity index (χ4v) is 5.15. The Morgan fingerprint density at radius 3 is 2.27 bits per heavy atom. The van der Waals surface area contributed by atoms with Gasteiger partial charge in [-0.15, -0.1) is 0 Å². The SMILES string of the molecule is CCCNC(=O)[C@H](CC)N(CCc1ccccc1)C(=O)CCCN(c1ccccc1OCC)S(C)(=O)=O. The van der Waals surface area contributed by atoms with Crippen molar-refractivity contribution in [1.29, 1.82) is 0 Å². The summed E-state index contributed by atoms with van der Waals surface area (Å²) in [6, 6.07) is 16.2. The van der Waals surface area contributed by atoms with Crippen LogP contribution in [0.5, 0.6) is 5.75 Å². The minimum absolute atomic E-state index is 0.120. The monoisotopic (exact) mass is 531 g/mol. The van der Waals surface area contributed by atoms with Crippen LogP contribution < -0.4 is 14.4 Å². The van der Waals surface area contributed by atoms with E-state index in [1.807, 2.05) is 51.1 Å². The molecule has 0 aliphatic carbocycles. The lowest BCUT2D eigenvalue weighted by Gasteiger charge is -2.31. The van der Waals surface area contributed by atoms with Gasteiger partial charge in [0.15, 0.2) is 0 Å². The number of anilines is 1. The van der Waals surface area contributed by atoms with E-state index in [0.29, 0.717) is 50.4 Å². The number of para-hydroxylation sites is 2. The van der Waals surface area contributed by atoms with Gasteiger partial charge in [0.1, 0.15) is 11.8 Å². The molecule has 2 rings (SSSR count). The van der Waals surface area contributed by atoms with Gasteiger partial charge in [0.25, 0.3) is 0 Å². The molecule has 8 nitrogen and oxygen atoms in total. The average molecular weight is 532 g/mol. The van der Waals surface area contributed by atoms with Gasteiger partial charge in [-0.25, -0.2) is 8.42 Å². The third-order valence-electron chi connectivity index (χ3n) is 6.01. The van der Waals surface area contributed by atoms with E-state index in [1.165, 1.54) is 4.31 Å². The maximum Gasteiger partial charge on any atom is 0.242 e. The van der Waals surface area contributed by atoms with Gasteiger partial charge in [-0.3, -0.25) is 13.9 Å². The van der Waals surface area contributed by atoms with Gasteiger partial charge in [-0.05, 0) is 50.3 Å². The van der Waals surface area contributed by atoms with E-state index < -0.39 is 16.1 Å². The smallest absolute Gasteiger partial charge is 0.242 e. The van der Waals surface area contributed by atoms with Crippen molar-refractivity contribution in [1.82, 2.24) is 10.2 Å². The summed E-state index contributed by atoms with van der Waals surface area (Å²) in [6.07, 6.45) is 3.50. The van der Waals surface area contributed by atoms with Crippen LogP contribution in [0.1, 0.15) is 52.0 Å². The Morgan fingerprint density at radius 1 is 0.973 bits per heavy atom. The Labute approximate surface area is 222 Å². The van der Waals surface area contributed by atoms with Crippen LogP contribution in [0, 0.1) is 0 Å². The molecule has 0 aliphatic rings. The maximum absolute atomic E-state index is 13.4. The zero-order chi connectivity index (χ0) is 27.3. The number of benzene rings is 2. The lowest BCUT2D eigenvalue weighted by molar-refractivity contribution is -0.140. The van der Waals surface area contributed by atoms with Gasteiger partial charge in [0.2, 0.25) is 21.8 Å². The predicted molar refractivity (Wildman–Crippen MR) is 148 cm³/mol. The quantitative estimate of drug-likeness (QED) is 0.353. The number of hydrogen-bond donors (Lipinski definition) is 1. The molecule has 0 saturated heterocycles. The number of carbonyl (C=O) groups is 2. The van der Waals surface area contributed by atoms with Gasteiger partial charge in [-0.2, -0.15) is 0 Å². The van der Waals surface area contributed by atoms with Gasteiger partial charge in [0, 0.05) is 26.1 Å². The first-order valence-corrected chi connectivity index (χ1v) is 14.9. The first-order chi connectivity index (χ1) is 17.7. The Bertz CT molecular complexity index is 1090. The molecule has 37 heavy (non-hydrogen) atoms. The Balaban J connectivity index is 2.18. The highest BCUT2D eigenvalue weighted by Crippen LogP contribution is 2.30. The highest BCUT2D eigenvalue weighted by atomic mass is 32.2. The molecule has 2 amide bonds. The molecule has 2 aromatic rings. The Hall–Kier alpha value is -3.07. The lowest BCUT2D eigenvalue weighted by Crippen LogP contribution is -2.50. The molecule has 0 bridgehead atoms. The fourth-order valence-electron chi connectivity index (χ4n) is 4.19. The summed E-state index contributed by atoms with van der Waals surface area (Å²) in [4.78, 5) is 28.0. The number of carbonyl (C=O) groups excluding carboxylic acids is 2. The summed E-state index contributed by atoms with van der Waals surface area (Å²) in [7, 11) is -3.60. The van der Waals surface area contributed by atoms with E-state index in [9.17, 15) is 18.0 Å². The van der Waals surface area contributed by atoms with Crippen molar-refractivity contribution in [3.05, 3.63) is 60.2 Å². The zero-order valence-electron chi connectivity index (χ0n) is 22.5. The molecule has 0 saturated carbocycles. The maximum atomic E-state index is 13.4. The van der Waals surface area contributed by atoms with E-state index in [-0.39, 0.29) is 24.8 Å². The van der Waals surface area contributed by atoms with Crippen molar-refractivity contribution < 1.29 is 22.7 Å². The summed E-state index contributed by atoms with van der Waals surface area (Å²) in [6.45, 7) is 7.21. The number of rotatable bonds is 16. The number of ether oxygens (including phenoxy) is 1. The highest BCUT2D eigenvalue weighted by Gasteiger charge is 2.28. The van der Waals surface area contributed by atoms with E-state index >= 15 is 0 Å². The molecule has 1 N–H and O–H groups in total. The number of amides is 2. The highest BCUT2D eigenvalue weighted by molar-refractivity contribution is 7.92. The summed E-state index contributed by atoms with van der Waals surface area (Å²) in [5, 5.41) is 2.92. The fraction of sp³-hybridized carbons (Fsp3) is 0.500. The van der Waals surface area contributed by atoms with E-state index in [2.05, 4.69) is 5.32 Å². The number of hydrogen-bond acceptors (Lipinski definition) is 5. The molecule has 0 radical (unpaired) electrons. The zero-order valence-corrected chi connectivity index (χ0v) is 23.3. The molecule has 0 unspecified atom stereocenters. The van der Waals surface area contributed by atoms with Crippen molar-refractivity contribution in [2.45, 2.75) is 58.9 Å². The molecule has 204 valence electrons. The van der Waals surface area contributed by atoms with Crippen molar-refractivity contribution in [3.63, 3.8) is 0 Å². The summed E-state index contributed by atoms with van der Waals surface area (Å²) >= 11 is 0. The van der Waals surface area contributed by atoms with E-state index in [1.54, 1.807) is 29.2 Å². The van der Waals surface area contributed by atoms with Crippen LogP contribution in [-0.4, -0.2) is 63.7 Å². The Morgan fingerprint density at radius 2 is 1.65 bits per heavy atom.